The van der Waals surface area contributed by atoms with Gasteiger partial charge < -0.3 is 5.32 Å². The number of hydrogen-bond acceptors (Lipinski definition) is 3. The second-order valence-corrected chi connectivity index (χ2v) is 6.16. The molecule has 0 aliphatic carbocycles. The Morgan fingerprint density at radius 3 is 3.10 bits per heavy atom. The Morgan fingerprint density at radius 1 is 1.33 bits per heavy atom. The van der Waals surface area contributed by atoms with Gasteiger partial charge in [0.05, 0.1) is 5.52 Å². The van der Waals surface area contributed by atoms with Crippen molar-refractivity contribution in [1.82, 2.24) is 15.2 Å². The van der Waals surface area contributed by atoms with E-state index in [2.05, 4.69) is 53.3 Å². The zero-order valence-electron chi connectivity index (χ0n) is 13.0. The standard InChI is InChI=1S/C18H25N3/c1-3-17-13-21(14(2)8-10-19-17)12-15-6-7-18-16(11-15)5-4-9-20-18/h4-7,9,11,14,17,19H,3,8,10,12-13H2,1-2H3. The molecule has 1 aromatic carbocycles. The van der Waals surface area contributed by atoms with E-state index in [-0.39, 0.29) is 0 Å². The van der Waals surface area contributed by atoms with Gasteiger partial charge >= 0.3 is 0 Å². The molecule has 3 rings (SSSR count). The highest BCUT2D eigenvalue weighted by Gasteiger charge is 2.21. The van der Waals surface area contributed by atoms with Crippen LogP contribution in [-0.2, 0) is 6.54 Å². The first-order chi connectivity index (χ1) is 10.3. The Morgan fingerprint density at radius 2 is 2.24 bits per heavy atom. The predicted octanol–water partition coefficient (Wildman–Crippen LogP) is 3.20. The third-order valence-corrected chi connectivity index (χ3v) is 4.62. The molecular formula is C18H25N3. The van der Waals surface area contributed by atoms with E-state index in [0.29, 0.717) is 12.1 Å². The zero-order valence-corrected chi connectivity index (χ0v) is 13.0. The number of rotatable bonds is 3. The van der Waals surface area contributed by atoms with Crippen molar-refractivity contribution in [2.45, 2.75) is 45.3 Å². The lowest BCUT2D eigenvalue weighted by molar-refractivity contribution is 0.194. The molecule has 0 amide bonds. The van der Waals surface area contributed by atoms with Gasteiger partial charge in [-0.25, -0.2) is 0 Å². The smallest absolute Gasteiger partial charge is 0.0702 e. The van der Waals surface area contributed by atoms with Gasteiger partial charge in [-0.2, -0.15) is 0 Å². The van der Waals surface area contributed by atoms with Gasteiger partial charge in [0, 0.05) is 36.8 Å². The van der Waals surface area contributed by atoms with E-state index in [1.54, 1.807) is 0 Å². The summed E-state index contributed by atoms with van der Waals surface area (Å²) >= 11 is 0. The van der Waals surface area contributed by atoms with Crippen LogP contribution in [0.3, 0.4) is 0 Å². The van der Waals surface area contributed by atoms with Crippen LogP contribution < -0.4 is 5.32 Å². The second kappa shape index (κ2) is 6.54. The normalized spacial score (nSPS) is 24.1. The number of pyridine rings is 1. The SMILES string of the molecule is CCC1CN(Cc2ccc3ncccc3c2)C(C)CCN1. The van der Waals surface area contributed by atoms with Crippen molar-refractivity contribution >= 4 is 10.9 Å². The Kier molecular flexibility index (Phi) is 4.51. The number of benzene rings is 1. The quantitative estimate of drug-likeness (QED) is 0.937. The summed E-state index contributed by atoms with van der Waals surface area (Å²) in [6, 6.07) is 12.1. The predicted molar refractivity (Wildman–Crippen MR) is 88.3 cm³/mol. The van der Waals surface area contributed by atoms with E-state index in [4.69, 9.17) is 0 Å². The van der Waals surface area contributed by atoms with E-state index in [1.165, 1.54) is 23.8 Å². The van der Waals surface area contributed by atoms with E-state index in [1.807, 2.05) is 12.3 Å². The van der Waals surface area contributed by atoms with Gasteiger partial charge in [0.1, 0.15) is 0 Å². The van der Waals surface area contributed by atoms with Gasteiger partial charge in [-0.1, -0.05) is 19.1 Å². The van der Waals surface area contributed by atoms with Gasteiger partial charge in [0.15, 0.2) is 0 Å². The fourth-order valence-electron chi connectivity index (χ4n) is 3.16. The van der Waals surface area contributed by atoms with Crippen molar-refractivity contribution < 1.29 is 0 Å². The number of fused-ring (bicyclic) bond motifs is 1. The summed E-state index contributed by atoms with van der Waals surface area (Å²) in [5.74, 6) is 0. The first-order valence-corrected chi connectivity index (χ1v) is 8.07. The van der Waals surface area contributed by atoms with Crippen molar-refractivity contribution in [3.63, 3.8) is 0 Å². The number of hydrogen-bond donors (Lipinski definition) is 1. The molecule has 0 spiro atoms. The minimum absolute atomic E-state index is 0.622. The number of nitrogens with one attached hydrogen (secondary N) is 1. The summed E-state index contributed by atoms with van der Waals surface area (Å²) in [6.45, 7) is 7.93. The van der Waals surface area contributed by atoms with Crippen LogP contribution >= 0.6 is 0 Å². The van der Waals surface area contributed by atoms with Gasteiger partial charge in [-0.05, 0) is 50.1 Å². The molecule has 21 heavy (non-hydrogen) atoms. The molecule has 1 aromatic heterocycles. The fourth-order valence-corrected chi connectivity index (χ4v) is 3.16. The fraction of sp³-hybridized carbons (Fsp3) is 0.500. The molecule has 0 bridgehead atoms. The minimum Gasteiger partial charge on any atom is -0.313 e. The molecule has 1 N–H and O–H groups in total. The molecule has 1 fully saturated rings. The topological polar surface area (TPSA) is 28.2 Å². The zero-order chi connectivity index (χ0) is 14.7. The molecule has 1 aliphatic heterocycles. The molecule has 2 atom stereocenters. The lowest BCUT2D eigenvalue weighted by Gasteiger charge is -2.29. The monoisotopic (exact) mass is 283 g/mol. The number of nitrogens with zero attached hydrogens (tertiary/aromatic N) is 2. The average molecular weight is 283 g/mol. The lowest BCUT2D eigenvalue weighted by Crippen LogP contribution is -2.39. The molecule has 0 saturated carbocycles. The highest BCUT2D eigenvalue weighted by atomic mass is 15.2. The molecule has 112 valence electrons. The van der Waals surface area contributed by atoms with Crippen molar-refractivity contribution in [1.29, 1.82) is 0 Å². The maximum Gasteiger partial charge on any atom is 0.0702 e. The highest BCUT2D eigenvalue weighted by molar-refractivity contribution is 5.78. The van der Waals surface area contributed by atoms with E-state index >= 15 is 0 Å². The molecule has 3 heteroatoms. The van der Waals surface area contributed by atoms with Gasteiger partial charge in [0.25, 0.3) is 0 Å². The van der Waals surface area contributed by atoms with Gasteiger partial charge in [-0.3, -0.25) is 9.88 Å². The molecular weight excluding hydrogens is 258 g/mol. The first-order valence-electron chi connectivity index (χ1n) is 8.07. The third-order valence-electron chi connectivity index (χ3n) is 4.62. The Labute approximate surface area is 127 Å². The third kappa shape index (κ3) is 3.42. The Balaban J connectivity index is 1.78. The summed E-state index contributed by atoms with van der Waals surface area (Å²) in [5.41, 5.74) is 2.47. The number of aromatic nitrogens is 1. The molecule has 2 aromatic rings. The summed E-state index contributed by atoms with van der Waals surface area (Å²) in [6.07, 6.45) is 4.28. The average Bonchev–Trinajstić information content (AvgIpc) is 2.69. The minimum atomic E-state index is 0.622. The van der Waals surface area contributed by atoms with Crippen molar-refractivity contribution in [3.8, 4) is 0 Å². The maximum atomic E-state index is 4.40. The highest BCUT2D eigenvalue weighted by Crippen LogP contribution is 2.18. The van der Waals surface area contributed by atoms with E-state index < -0.39 is 0 Å². The van der Waals surface area contributed by atoms with Crippen LogP contribution in [0.5, 0.6) is 0 Å². The van der Waals surface area contributed by atoms with Crippen molar-refractivity contribution in [2.75, 3.05) is 13.1 Å². The molecule has 0 radical (unpaired) electrons. The molecule has 2 unspecified atom stereocenters. The van der Waals surface area contributed by atoms with Crippen LogP contribution in [0.4, 0.5) is 0 Å². The molecule has 1 aliphatic rings. The van der Waals surface area contributed by atoms with Crippen LogP contribution in [0.15, 0.2) is 36.5 Å². The largest absolute Gasteiger partial charge is 0.313 e. The van der Waals surface area contributed by atoms with Crippen LogP contribution in [-0.4, -0.2) is 35.1 Å². The summed E-state index contributed by atoms with van der Waals surface area (Å²) in [7, 11) is 0. The van der Waals surface area contributed by atoms with Gasteiger partial charge in [0.2, 0.25) is 0 Å². The summed E-state index contributed by atoms with van der Waals surface area (Å²) < 4.78 is 0. The van der Waals surface area contributed by atoms with Crippen molar-refractivity contribution in [2.24, 2.45) is 0 Å². The molecule has 1 saturated heterocycles. The maximum absolute atomic E-state index is 4.40. The first kappa shape index (κ1) is 14.5. The van der Waals surface area contributed by atoms with Crippen molar-refractivity contribution in [3.05, 3.63) is 42.1 Å². The van der Waals surface area contributed by atoms with E-state index in [0.717, 1.165) is 25.2 Å². The Hall–Kier alpha value is -1.45. The second-order valence-electron chi connectivity index (χ2n) is 6.16. The van der Waals surface area contributed by atoms with Crippen LogP contribution in [0.2, 0.25) is 0 Å². The Bertz CT molecular complexity index is 596. The van der Waals surface area contributed by atoms with Crippen LogP contribution in [0.1, 0.15) is 32.3 Å². The summed E-state index contributed by atoms with van der Waals surface area (Å²) in [5, 5.41) is 4.89. The van der Waals surface area contributed by atoms with Gasteiger partial charge in [-0.15, -0.1) is 0 Å². The lowest BCUT2D eigenvalue weighted by atomic mass is 10.1. The van der Waals surface area contributed by atoms with Crippen LogP contribution in [0.25, 0.3) is 10.9 Å². The summed E-state index contributed by atoms with van der Waals surface area (Å²) in [4.78, 5) is 7.02. The molecule has 3 nitrogen and oxygen atoms in total. The van der Waals surface area contributed by atoms with Crippen LogP contribution in [0, 0.1) is 0 Å². The van der Waals surface area contributed by atoms with E-state index in [9.17, 15) is 0 Å². The molecule has 2 heterocycles.